The van der Waals surface area contributed by atoms with Gasteiger partial charge in [-0.15, -0.1) is 0 Å². The molecule has 0 spiro atoms. The second-order valence-corrected chi connectivity index (χ2v) is 8.77. The summed E-state index contributed by atoms with van der Waals surface area (Å²) in [4.78, 5) is 11.8. The van der Waals surface area contributed by atoms with Gasteiger partial charge in [0.05, 0.1) is 29.8 Å². The number of Topliss-reactive ketones (excluding diaryl/α,β-unsaturated/α-hetero) is 1. The fourth-order valence-corrected chi connectivity index (χ4v) is 3.46. The van der Waals surface area contributed by atoms with Crippen molar-refractivity contribution in [2.75, 3.05) is 0 Å². The van der Waals surface area contributed by atoms with Gasteiger partial charge in [-0.1, -0.05) is 30.3 Å². The van der Waals surface area contributed by atoms with Gasteiger partial charge in [-0.05, 0) is 76.8 Å². The van der Waals surface area contributed by atoms with Gasteiger partial charge in [0, 0.05) is 5.56 Å². The van der Waals surface area contributed by atoms with Crippen molar-refractivity contribution in [3.63, 3.8) is 0 Å². The Hall–Kier alpha value is -2.92. The van der Waals surface area contributed by atoms with E-state index in [0.717, 1.165) is 46.8 Å². The van der Waals surface area contributed by atoms with Crippen molar-refractivity contribution in [3.05, 3.63) is 65.9 Å². The average molecular weight is 419 g/mol. The van der Waals surface area contributed by atoms with E-state index < -0.39 is 5.60 Å². The van der Waals surface area contributed by atoms with Crippen LogP contribution < -0.4 is 4.74 Å². The standard InChI is InChI=1S/C26H30N2O3/c1-18-9-5-6-14-24(18)28-25(16-21(27-28)17-30-26(3,4)19(2)29)20-10-7-13-23(15-20)31-22-11-8-12-22/h5-7,9-10,13-16,22H,8,11-12,17H2,1-4H3. The van der Waals surface area contributed by atoms with Crippen molar-refractivity contribution in [1.82, 2.24) is 9.78 Å². The summed E-state index contributed by atoms with van der Waals surface area (Å²) in [5.41, 5.74) is 4.07. The number of aryl methyl sites for hydroxylation is 1. The maximum atomic E-state index is 11.8. The number of rotatable bonds is 8. The third kappa shape index (κ3) is 4.72. The molecule has 1 fully saturated rings. The molecule has 0 aliphatic heterocycles. The monoisotopic (exact) mass is 418 g/mol. The Morgan fingerprint density at radius 1 is 1.13 bits per heavy atom. The van der Waals surface area contributed by atoms with Gasteiger partial charge < -0.3 is 9.47 Å². The summed E-state index contributed by atoms with van der Waals surface area (Å²) in [6.45, 7) is 7.46. The normalized spacial score (nSPS) is 14.3. The molecule has 0 amide bonds. The van der Waals surface area contributed by atoms with Crippen LogP contribution in [0.25, 0.3) is 16.9 Å². The summed E-state index contributed by atoms with van der Waals surface area (Å²) in [6, 6.07) is 18.4. The zero-order chi connectivity index (χ0) is 22.0. The van der Waals surface area contributed by atoms with E-state index in [1.807, 2.05) is 35.0 Å². The molecular weight excluding hydrogens is 388 g/mol. The van der Waals surface area contributed by atoms with Gasteiger partial charge in [0.2, 0.25) is 0 Å². The molecule has 5 heteroatoms. The minimum absolute atomic E-state index is 0.00750. The Morgan fingerprint density at radius 2 is 1.90 bits per heavy atom. The van der Waals surface area contributed by atoms with Crippen LogP contribution in [-0.2, 0) is 16.1 Å². The van der Waals surface area contributed by atoms with E-state index in [2.05, 4.69) is 31.2 Å². The molecule has 0 saturated heterocycles. The minimum Gasteiger partial charge on any atom is -0.490 e. The lowest BCUT2D eigenvalue weighted by molar-refractivity contribution is -0.139. The maximum absolute atomic E-state index is 11.8. The van der Waals surface area contributed by atoms with Crippen molar-refractivity contribution in [1.29, 1.82) is 0 Å². The highest BCUT2D eigenvalue weighted by atomic mass is 16.5. The third-order valence-corrected chi connectivity index (χ3v) is 6.02. The van der Waals surface area contributed by atoms with Crippen LogP contribution in [0.5, 0.6) is 5.75 Å². The largest absolute Gasteiger partial charge is 0.490 e. The fourth-order valence-electron chi connectivity index (χ4n) is 3.46. The summed E-state index contributed by atoms with van der Waals surface area (Å²) >= 11 is 0. The van der Waals surface area contributed by atoms with E-state index in [1.54, 1.807) is 20.8 Å². The summed E-state index contributed by atoms with van der Waals surface area (Å²) in [7, 11) is 0. The quantitative estimate of drug-likeness (QED) is 0.473. The first-order chi connectivity index (χ1) is 14.8. The molecule has 5 nitrogen and oxygen atoms in total. The molecule has 0 atom stereocenters. The van der Waals surface area contributed by atoms with Gasteiger partial charge in [-0.25, -0.2) is 4.68 Å². The van der Waals surface area contributed by atoms with Gasteiger partial charge in [0.15, 0.2) is 5.78 Å². The number of benzene rings is 2. The molecule has 1 saturated carbocycles. The van der Waals surface area contributed by atoms with Crippen molar-refractivity contribution in [2.45, 2.75) is 65.3 Å². The van der Waals surface area contributed by atoms with E-state index in [9.17, 15) is 4.79 Å². The number of ether oxygens (including phenoxy) is 2. The van der Waals surface area contributed by atoms with Gasteiger partial charge in [0.1, 0.15) is 11.4 Å². The zero-order valence-electron chi connectivity index (χ0n) is 18.7. The predicted octanol–water partition coefficient (Wildman–Crippen LogP) is 5.66. The van der Waals surface area contributed by atoms with Crippen LogP contribution in [0.2, 0.25) is 0 Å². The van der Waals surface area contributed by atoms with Crippen LogP contribution in [0.15, 0.2) is 54.6 Å². The number of aromatic nitrogens is 2. The van der Waals surface area contributed by atoms with Crippen LogP contribution in [0.1, 0.15) is 51.3 Å². The molecule has 162 valence electrons. The van der Waals surface area contributed by atoms with Gasteiger partial charge in [-0.3, -0.25) is 4.79 Å². The van der Waals surface area contributed by atoms with Crippen LogP contribution in [0, 0.1) is 6.92 Å². The van der Waals surface area contributed by atoms with E-state index in [0.29, 0.717) is 6.10 Å². The van der Waals surface area contributed by atoms with E-state index in [4.69, 9.17) is 14.6 Å². The van der Waals surface area contributed by atoms with Gasteiger partial charge >= 0.3 is 0 Å². The molecule has 1 aliphatic carbocycles. The summed E-state index contributed by atoms with van der Waals surface area (Å²) in [5, 5.41) is 4.84. The third-order valence-electron chi connectivity index (χ3n) is 6.02. The first kappa shape index (κ1) is 21.3. The van der Waals surface area contributed by atoms with Crippen LogP contribution in [0.3, 0.4) is 0 Å². The average Bonchev–Trinajstić information content (AvgIpc) is 3.14. The Balaban J connectivity index is 1.70. The molecule has 0 unspecified atom stereocenters. The highest BCUT2D eigenvalue weighted by Gasteiger charge is 2.25. The molecule has 2 aromatic carbocycles. The van der Waals surface area contributed by atoms with Crippen molar-refractivity contribution in [2.24, 2.45) is 0 Å². The lowest BCUT2D eigenvalue weighted by Crippen LogP contribution is -2.32. The van der Waals surface area contributed by atoms with Crippen molar-refractivity contribution < 1.29 is 14.3 Å². The lowest BCUT2D eigenvalue weighted by atomic mass is 9.96. The van der Waals surface area contributed by atoms with E-state index >= 15 is 0 Å². The highest BCUT2D eigenvalue weighted by molar-refractivity contribution is 5.83. The molecule has 0 bridgehead atoms. The van der Waals surface area contributed by atoms with E-state index in [-0.39, 0.29) is 12.4 Å². The molecule has 4 rings (SSSR count). The smallest absolute Gasteiger partial charge is 0.161 e. The maximum Gasteiger partial charge on any atom is 0.161 e. The molecule has 1 aliphatic rings. The van der Waals surface area contributed by atoms with Crippen molar-refractivity contribution in [3.8, 4) is 22.7 Å². The first-order valence-corrected chi connectivity index (χ1v) is 10.9. The zero-order valence-corrected chi connectivity index (χ0v) is 18.7. The highest BCUT2D eigenvalue weighted by Crippen LogP contribution is 2.31. The molecule has 0 N–H and O–H groups in total. The Bertz CT molecular complexity index is 1080. The Labute approximate surface area is 184 Å². The molecule has 1 aromatic heterocycles. The summed E-state index contributed by atoms with van der Waals surface area (Å²) in [5.74, 6) is 0.877. The summed E-state index contributed by atoms with van der Waals surface area (Å²) in [6.07, 6.45) is 3.82. The van der Waals surface area contributed by atoms with Gasteiger partial charge in [0.25, 0.3) is 0 Å². The lowest BCUT2D eigenvalue weighted by Gasteiger charge is -2.26. The van der Waals surface area contributed by atoms with Crippen LogP contribution in [0.4, 0.5) is 0 Å². The molecule has 1 heterocycles. The second-order valence-electron chi connectivity index (χ2n) is 8.77. The number of nitrogens with zero attached hydrogens (tertiary/aromatic N) is 2. The van der Waals surface area contributed by atoms with E-state index in [1.165, 1.54) is 6.42 Å². The number of hydrogen-bond donors (Lipinski definition) is 0. The number of para-hydroxylation sites is 1. The molecule has 0 radical (unpaired) electrons. The Kier molecular flexibility index (Phi) is 5.96. The number of carbonyl (C=O) groups is 1. The topological polar surface area (TPSA) is 53.4 Å². The number of hydrogen-bond acceptors (Lipinski definition) is 4. The fraction of sp³-hybridized carbons (Fsp3) is 0.385. The summed E-state index contributed by atoms with van der Waals surface area (Å²) < 4.78 is 14.0. The van der Waals surface area contributed by atoms with Crippen LogP contribution in [-0.4, -0.2) is 27.3 Å². The van der Waals surface area contributed by atoms with Crippen molar-refractivity contribution >= 4 is 5.78 Å². The second kappa shape index (κ2) is 8.67. The number of carbonyl (C=O) groups excluding carboxylic acids is 1. The Morgan fingerprint density at radius 3 is 2.58 bits per heavy atom. The molecule has 31 heavy (non-hydrogen) atoms. The SMILES string of the molecule is CC(=O)C(C)(C)OCc1cc(-c2cccc(OC3CCC3)c2)n(-c2ccccc2C)n1. The molecule has 3 aromatic rings. The predicted molar refractivity (Wildman–Crippen MR) is 122 cm³/mol. The molecular formula is C26H30N2O3. The van der Waals surface area contributed by atoms with Crippen LogP contribution >= 0.6 is 0 Å². The first-order valence-electron chi connectivity index (χ1n) is 10.9. The number of ketones is 1. The van der Waals surface area contributed by atoms with Gasteiger partial charge in [-0.2, -0.15) is 5.10 Å². The minimum atomic E-state index is -0.844.